The minimum Gasteiger partial charge on any atom is -0.323 e. The van der Waals surface area contributed by atoms with Crippen molar-refractivity contribution in [3.63, 3.8) is 0 Å². The van der Waals surface area contributed by atoms with Gasteiger partial charge in [0.2, 0.25) is 0 Å². The minimum absolute atomic E-state index is 0.840. The lowest BCUT2D eigenvalue weighted by Gasteiger charge is -2.38. The summed E-state index contributed by atoms with van der Waals surface area (Å²) >= 11 is 0. The molecule has 0 radical (unpaired) electrons. The minimum atomic E-state index is 0.840. The van der Waals surface area contributed by atoms with Gasteiger partial charge in [-0.25, -0.2) is 0 Å². The molecule has 0 spiro atoms. The van der Waals surface area contributed by atoms with Crippen LogP contribution < -0.4 is 5.32 Å². The molecule has 0 heterocycles. The molecule has 2 nitrogen and oxygen atoms in total. The maximum absolute atomic E-state index is 8.00. The second-order valence-corrected chi connectivity index (χ2v) is 10.5. The molecule has 1 aromatic rings. The van der Waals surface area contributed by atoms with Crippen LogP contribution in [-0.4, -0.2) is 20.9 Å². The zero-order valence-electron chi connectivity index (χ0n) is 24.3. The standard InChI is InChI=1S/C26H42.C4H8.C2H7N.CH2O/c1-3-5-6-8-22-11-15-24(16-12-22)26-19-17-25(18-20-26)23-13-9-21(7-4-2)10-14-23;1-3-4-2;1-3-2;1-2/h9-10,13-14,22,24-26H,3-8,11-12,15-20H2,1-2H3;3-4H,1-2H3;3H,1-2H3;1H2/b;4-3+;;. The van der Waals surface area contributed by atoms with E-state index in [0.29, 0.717) is 0 Å². The van der Waals surface area contributed by atoms with Crippen molar-refractivity contribution < 1.29 is 4.79 Å². The van der Waals surface area contributed by atoms with Gasteiger partial charge in [0, 0.05) is 0 Å². The number of unbranched alkanes of at least 4 members (excludes halogenated alkanes) is 2. The number of allylic oxidation sites excluding steroid dienone is 2. The van der Waals surface area contributed by atoms with Crippen molar-refractivity contribution in [3.05, 3.63) is 47.5 Å². The molecule has 1 aromatic carbocycles. The maximum Gasteiger partial charge on any atom is 0.106 e. The lowest BCUT2D eigenvalue weighted by Crippen LogP contribution is -2.25. The average Bonchev–Trinajstić information content (AvgIpc) is 2.92. The number of aryl methyl sites for hydroxylation is 1. The Kier molecular flexibility index (Phi) is 22.1. The molecule has 35 heavy (non-hydrogen) atoms. The summed E-state index contributed by atoms with van der Waals surface area (Å²) in [6.07, 6.45) is 24.3. The van der Waals surface area contributed by atoms with Crippen molar-refractivity contribution in [1.29, 1.82) is 0 Å². The third kappa shape index (κ3) is 14.7. The Balaban J connectivity index is 0.00000112. The van der Waals surface area contributed by atoms with Gasteiger partial charge in [0.25, 0.3) is 0 Å². The fraction of sp³-hybridized carbons (Fsp3) is 0.727. The zero-order valence-corrected chi connectivity index (χ0v) is 24.3. The largest absolute Gasteiger partial charge is 0.323 e. The first-order chi connectivity index (χ1) is 17.1. The summed E-state index contributed by atoms with van der Waals surface area (Å²) in [5.41, 5.74) is 3.13. The van der Waals surface area contributed by atoms with Crippen molar-refractivity contribution in [3.8, 4) is 0 Å². The normalized spacial score (nSPS) is 23.7. The van der Waals surface area contributed by atoms with Crippen LogP contribution in [0.15, 0.2) is 36.4 Å². The molecular formula is C33H59NO. The van der Waals surface area contributed by atoms with E-state index in [2.05, 4.69) is 43.4 Å². The van der Waals surface area contributed by atoms with Gasteiger partial charge in [-0.1, -0.05) is 95.2 Å². The van der Waals surface area contributed by atoms with Crippen molar-refractivity contribution in [1.82, 2.24) is 5.32 Å². The maximum atomic E-state index is 8.00. The third-order valence-electron chi connectivity index (χ3n) is 7.87. The number of rotatable bonds is 8. The molecule has 2 aliphatic rings. The van der Waals surface area contributed by atoms with E-state index in [9.17, 15) is 0 Å². The first kappa shape index (κ1) is 33.6. The van der Waals surface area contributed by atoms with Crippen LogP contribution in [0.25, 0.3) is 0 Å². The van der Waals surface area contributed by atoms with Gasteiger partial charge in [0.05, 0.1) is 0 Å². The van der Waals surface area contributed by atoms with E-state index < -0.39 is 0 Å². The lowest BCUT2D eigenvalue weighted by molar-refractivity contribution is -0.0979. The van der Waals surface area contributed by atoms with Gasteiger partial charge in [0.1, 0.15) is 6.79 Å². The molecular weight excluding hydrogens is 426 g/mol. The van der Waals surface area contributed by atoms with Crippen molar-refractivity contribution in [2.45, 2.75) is 124 Å². The fourth-order valence-corrected chi connectivity index (χ4v) is 5.80. The molecule has 0 saturated heterocycles. The highest BCUT2D eigenvalue weighted by Gasteiger charge is 2.31. The topological polar surface area (TPSA) is 29.1 Å². The number of carbonyl (C=O) groups is 1. The van der Waals surface area contributed by atoms with Gasteiger partial charge in [-0.05, 0) is 108 Å². The first-order valence-electron chi connectivity index (χ1n) is 14.7. The predicted molar refractivity (Wildman–Crippen MR) is 157 cm³/mol. The summed E-state index contributed by atoms with van der Waals surface area (Å²) in [6.45, 7) is 10.6. The van der Waals surface area contributed by atoms with E-state index in [0.717, 1.165) is 23.7 Å². The molecule has 1 N–H and O–H groups in total. The Morgan fingerprint density at radius 2 is 1.26 bits per heavy atom. The van der Waals surface area contributed by atoms with Gasteiger partial charge < -0.3 is 10.1 Å². The Hall–Kier alpha value is -1.41. The average molecular weight is 486 g/mol. The van der Waals surface area contributed by atoms with E-state index in [1.54, 1.807) is 5.56 Å². The number of hydrogen-bond donors (Lipinski definition) is 1. The molecule has 0 aromatic heterocycles. The highest BCUT2D eigenvalue weighted by atomic mass is 16.1. The Morgan fingerprint density at radius 3 is 1.69 bits per heavy atom. The predicted octanol–water partition coefficient (Wildman–Crippen LogP) is 9.53. The summed E-state index contributed by atoms with van der Waals surface area (Å²) < 4.78 is 0. The first-order valence-corrected chi connectivity index (χ1v) is 14.7. The Morgan fingerprint density at radius 1 is 0.771 bits per heavy atom. The monoisotopic (exact) mass is 485 g/mol. The van der Waals surface area contributed by atoms with Gasteiger partial charge >= 0.3 is 0 Å². The molecule has 2 aliphatic carbocycles. The van der Waals surface area contributed by atoms with E-state index in [1.807, 2.05) is 46.9 Å². The van der Waals surface area contributed by atoms with Gasteiger partial charge in [0.15, 0.2) is 0 Å². The second-order valence-electron chi connectivity index (χ2n) is 10.5. The lowest BCUT2D eigenvalue weighted by atomic mass is 9.68. The highest BCUT2D eigenvalue weighted by molar-refractivity contribution is 5.26. The number of nitrogens with one attached hydrogen (secondary N) is 1. The van der Waals surface area contributed by atoms with Gasteiger partial charge in [-0.3, -0.25) is 0 Å². The molecule has 0 amide bonds. The number of carbonyl (C=O) groups excluding carboxylic acids is 1. The van der Waals surface area contributed by atoms with Crippen LogP contribution in [0.2, 0.25) is 0 Å². The van der Waals surface area contributed by atoms with Crippen molar-refractivity contribution in [2.24, 2.45) is 17.8 Å². The Bertz CT molecular complexity index is 588. The molecule has 202 valence electrons. The van der Waals surface area contributed by atoms with E-state index in [4.69, 9.17) is 4.79 Å². The van der Waals surface area contributed by atoms with Crippen molar-refractivity contribution in [2.75, 3.05) is 14.1 Å². The molecule has 0 bridgehead atoms. The van der Waals surface area contributed by atoms with Crippen LogP contribution in [0.5, 0.6) is 0 Å². The highest BCUT2D eigenvalue weighted by Crippen LogP contribution is 2.44. The van der Waals surface area contributed by atoms with Crippen LogP contribution in [0, 0.1) is 17.8 Å². The number of hydrogen-bond acceptors (Lipinski definition) is 2. The van der Waals surface area contributed by atoms with Crippen LogP contribution in [0.1, 0.15) is 128 Å². The van der Waals surface area contributed by atoms with Gasteiger partial charge in [-0.2, -0.15) is 0 Å². The summed E-state index contributed by atoms with van der Waals surface area (Å²) in [6, 6.07) is 9.62. The van der Waals surface area contributed by atoms with Crippen LogP contribution >= 0.6 is 0 Å². The summed E-state index contributed by atoms with van der Waals surface area (Å²) in [4.78, 5) is 8.00. The number of benzene rings is 1. The fourth-order valence-electron chi connectivity index (χ4n) is 5.80. The third-order valence-corrected chi connectivity index (χ3v) is 7.87. The smallest absolute Gasteiger partial charge is 0.106 e. The second kappa shape index (κ2) is 23.0. The van der Waals surface area contributed by atoms with Crippen LogP contribution in [0.4, 0.5) is 0 Å². The van der Waals surface area contributed by atoms with Crippen LogP contribution in [-0.2, 0) is 11.2 Å². The van der Waals surface area contributed by atoms with Crippen molar-refractivity contribution >= 4 is 6.79 Å². The van der Waals surface area contributed by atoms with Crippen LogP contribution in [0.3, 0.4) is 0 Å². The van der Waals surface area contributed by atoms with Gasteiger partial charge in [-0.15, -0.1) is 0 Å². The summed E-state index contributed by atoms with van der Waals surface area (Å²) in [7, 11) is 3.75. The quantitative estimate of drug-likeness (QED) is 0.293. The molecule has 2 heteroatoms. The molecule has 3 rings (SSSR count). The summed E-state index contributed by atoms with van der Waals surface area (Å²) in [5.74, 6) is 4.01. The SMILES string of the molecule is C/C=C/C.C=O.CCCCCC1CCC(C2CCC(c3ccc(CCC)cc3)CC2)CC1.CNC. The molecule has 2 fully saturated rings. The van der Waals surface area contributed by atoms with E-state index in [1.165, 1.54) is 95.5 Å². The Labute approximate surface area is 219 Å². The molecule has 0 aliphatic heterocycles. The zero-order chi connectivity index (χ0) is 26.3. The summed E-state index contributed by atoms with van der Waals surface area (Å²) in [5, 5.41) is 2.75. The van der Waals surface area contributed by atoms with E-state index in [-0.39, 0.29) is 0 Å². The molecule has 2 saturated carbocycles. The molecule has 0 atom stereocenters. The van der Waals surface area contributed by atoms with E-state index >= 15 is 0 Å². The molecule has 0 unspecified atom stereocenters.